The summed E-state index contributed by atoms with van der Waals surface area (Å²) in [5.74, 6) is -5.72. The number of carbonyl (C=O) groups excluding carboxylic acids is 4. The third-order valence-electron chi connectivity index (χ3n) is 5.26. The smallest absolute Gasteiger partial charge is 0.326 e. The van der Waals surface area contributed by atoms with Gasteiger partial charge in [0.05, 0.1) is 12.5 Å². The summed E-state index contributed by atoms with van der Waals surface area (Å²) >= 11 is 0. The minimum atomic E-state index is -1.44. The van der Waals surface area contributed by atoms with E-state index >= 15 is 0 Å². The second-order valence-corrected chi connectivity index (χ2v) is 8.06. The molecule has 0 aliphatic carbocycles. The molecule has 0 aromatic carbocycles. The first-order valence-electron chi connectivity index (χ1n) is 11.1. The van der Waals surface area contributed by atoms with E-state index in [1.807, 2.05) is 0 Å². The third-order valence-corrected chi connectivity index (χ3v) is 5.26. The van der Waals surface area contributed by atoms with Gasteiger partial charge in [0.15, 0.2) is 0 Å². The Morgan fingerprint density at radius 3 is 2.09 bits per heavy atom. The summed E-state index contributed by atoms with van der Waals surface area (Å²) in [4.78, 5) is 71.6. The number of rotatable bonds is 16. The van der Waals surface area contributed by atoms with Crippen LogP contribution in [0.5, 0.6) is 0 Å². The molecule has 1 aliphatic rings. The normalized spacial score (nSPS) is 17.7. The lowest BCUT2D eigenvalue weighted by Gasteiger charge is -2.24. The van der Waals surface area contributed by atoms with Crippen LogP contribution in [0.25, 0.3) is 0 Å². The molecule has 192 valence electrons. The van der Waals surface area contributed by atoms with E-state index in [1.54, 1.807) is 0 Å². The molecule has 0 saturated carbocycles. The summed E-state index contributed by atoms with van der Waals surface area (Å²) in [6.07, 6.45) is 1.10. The number of nitrogens with two attached hydrogens (primary N) is 2. The van der Waals surface area contributed by atoms with Crippen LogP contribution in [0, 0.1) is 0 Å². The Morgan fingerprint density at radius 1 is 0.912 bits per heavy atom. The first-order valence-corrected chi connectivity index (χ1v) is 11.1. The predicted octanol–water partition coefficient (Wildman–Crippen LogP) is -2.85. The molecule has 0 aromatic rings. The van der Waals surface area contributed by atoms with Crippen LogP contribution in [0.2, 0.25) is 0 Å². The quantitative estimate of drug-likeness (QED) is 0.104. The van der Waals surface area contributed by atoms with E-state index in [2.05, 4.69) is 21.3 Å². The average Bonchev–Trinajstić information content (AvgIpc) is 3.29. The lowest BCUT2D eigenvalue weighted by molar-refractivity contribution is -0.143. The molecular formula is C20H34N6O8. The first kappa shape index (κ1) is 28.8. The lowest BCUT2D eigenvalue weighted by atomic mass is 10.1. The maximum absolute atomic E-state index is 12.8. The van der Waals surface area contributed by atoms with Crippen molar-refractivity contribution in [3.63, 3.8) is 0 Å². The number of primary amides is 1. The molecule has 1 rings (SSSR count). The number of unbranched alkanes of at least 4 members (excludes halogenated alkanes) is 1. The van der Waals surface area contributed by atoms with E-state index in [0.29, 0.717) is 32.4 Å². The van der Waals surface area contributed by atoms with Gasteiger partial charge in [0.1, 0.15) is 18.1 Å². The molecule has 1 heterocycles. The number of hydrogen-bond donors (Lipinski definition) is 8. The van der Waals surface area contributed by atoms with Crippen molar-refractivity contribution in [2.75, 3.05) is 13.1 Å². The molecule has 0 radical (unpaired) electrons. The number of amides is 4. The van der Waals surface area contributed by atoms with Crippen molar-refractivity contribution < 1.29 is 39.0 Å². The van der Waals surface area contributed by atoms with Crippen molar-refractivity contribution in [1.29, 1.82) is 0 Å². The number of nitrogens with one attached hydrogen (secondary N) is 4. The number of aliphatic carboxylic acids is 2. The van der Waals surface area contributed by atoms with Crippen molar-refractivity contribution in [1.82, 2.24) is 21.3 Å². The van der Waals surface area contributed by atoms with Gasteiger partial charge in [0.25, 0.3) is 0 Å². The maximum Gasteiger partial charge on any atom is 0.326 e. The van der Waals surface area contributed by atoms with E-state index in [4.69, 9.17) is 16.6 Å². The Kier molecular flexibility index (Phi) is 12.5. The van der Waals surface area contributed by atoms with Gasteiger partial charge < -0.3 is 42.9 Å². The number of carboxylic acids is 2. The summed E-state index contributed by atoms with van der Waals surface area (Å²) in [5.41, 5.74) is 10.5. The predicted molar refractivity (Wildman–Crippen MR) is 118 cm³/mol. The molecule has 4 amide bonds. The van der Waals surface area contributed by atoms with Gasteiger partial charge in [-0.3, -0.25) is 24.0 Å². The van der Waals surface area contributed by atoms with Crippen molar-refractivity contribution >= 4 is 35.6 Å². The lowest BCUT2D eigenvalue weighted by Crippen LogP contribution is -2.57. The Morgan fingerprint density at radius 2 is 1.56 bits per heavy atom. The van der Waals surface area contributed by atoms with Crippen molar-refractivity contribution in [3.8, 4) is 0 Å². The summed E-state index contributed by atoms with van der Waals surface area (Å²) in [6.45, 7) is 0.947. The van der Waals surface area contributed by atoms with Crippen molar-refractivity contribution in [2.24, 2.45) is 11.5 Å². The molecule has 4 atom stereocenters. The monoisotopic (exact) mass is 486 g/mol. The summed E-state index contributed by atoms with van der Waals surface area (Å²) in [7, 11) is 0. The number of carbonyl (C=O) groups is 6. The SMILES string of the molecule is NCCCCC(NC(=O)C(CC(=O)O)NC(=O)C1CCCN1)C(=O)NC(CCC(N)=O)C(=O)O. The van der Waals surface area contributed by atoms with E-state index < -0.39 is 66.2 Å². The molecule has 1 saturated heterocycles. The third kappa shape index (κ3) is 10.6. The first-order chi connectivity index (χ1) is 16.0. The zero-order valence-corrected chi connectivity index (χ0v) is 18.9. The van der Waals surface area contributed by atoms with Crippen LogP contribution in [0.4, 0.5) is 0 Å². The van der Waals surface area contributed by atoms with E-state index in [0.717, 1.165) is 6.42 Å². The second kappa shape index (κ2) is 14.8. The number of carboxylic acid groups (broad SMARTS) is 2. The van der Waals surface area contributed by atoms with Crippen LogP contribution < -0.4 is 32.7 Å². The topological polar surface area (TPSA) is 243 Å². The van der Waals surface area contributed by atoms with Gasteiger partial charge in [-0.1, -0.05) is 0 Å². The molecule has 10 N–H and O–H groups in total. The van der Waals surface area contributed by atoms with Gasteiger partial charge in [-0.2, -0.15) is 0 Å². The van der Waals surface area contributed by atoms with Gasteiger partial charge in [-0.05, 0) is 51.6 Å². The van der Waals surface area contributed by atoms with Gasteiger partial charge in [0, 0.05) is 6.42 Å². The van der Waals surface area contributed by atoms with E-state index in [9.17, 15) is 33.9 Å². The van der Waals surface area contributed by atoms with Crippen molar-refractivity contribution in [3.05, 3.63) is 0 Å². The van der Waals surface area contributed by atoms with E-state index in [-0.39, 0.29) is 19.3 Å². The van der Waals surface area contributed by atoms with E-state index in [1.165, 1.54) is 0 Å². The highest BCUT2D eigenvalue weighted by Gasteiger charge is 2.32. The molecule has 0 aromatic heterocycles. The fourth-order valence-electron chi connectivity index (χ4n) is 3.41. The summed E-state index contributed by atoms with van der Waals surface area (Å²) in [6, 6.07) is -4.62. The minimum absolute atomic E-state index is 0.0921. The Labute approximate surface area is 196 Å². The number of hydrogen-bond acceptors (Lipinski definition) is 8. The van der Waals surface area contributed by atoms with Gasteiger partial charge in [-0.15, -0.1) is 0 Å². The van der Waals surface area contributed by atoms with Crippen LogP contribution in [0.1, 0.15) is 51.4 Å². The molecule has 1 aliphatic heterocycles. The highest BCUT2D eigenvalue weighted by molar-refractivity contribution is 5.95. The average molecular weight is 487 g/mol. The van der Waals surface area contributed by atoms with Crippen LogP contribution in [-0.4, -0.2) is 83.0 Å². The molecule has 14 heteroatoms. The minimum Gasteiger partial charge on any atom is -0.481 e. The van der Waals surface area contributed by atoms with Gasteiger partial charge in [-0.25, -0.2) is 4.79 Å². The van der Waals surface area contributed by atoms with Gasteiger partial charge in [0.2, 0.25) is 23.6 Å². The molecule has 1 fully saturated rings. The zero-order valence-electron chi connectivity index (χ0n) is 18.9. The summed E-state index contributed by atoms with van der Waals surface area (Å²) < 4.78 is 0. The Balaban J connectivity index is 2.92. The largest absolute Gasteiger partial charge is 0.481 e. The highest BCUT2D eigenvalue weighted by atomic mass is 16.4. The van der Waals surface area contributed by atoms with Gasteiger partial charge >= 0.3 is 11.9 Å². The maximum atomic E-state index is 12.8. The second-order valence-electron chi connectivity index (χ2n) is 8.06. The summed E-state index contributed by atoms with van der Waals surface area (Å²) in [5, 5.41) is 28.5. The van der Waals surface area contributed by atoms with Crippen LogP contribution in [0.15, 0.2) is 0 Å². The molecule has 14 nitrogen and oxygen atoms in total. The molecule has 0 spiro atoms. The fourth-order valence-corrected chi connectivity index (χ4v) is 3.41. The molecule has 0 bridgehead atoms. The fraction of sp³-hybridized carbons (Fsp3) is 0.700. The molecular weight excluding hydrogens is 452 g/mol. The zero-order chi connectivity index (χ0) is 25.7. The Bertz CT molecular complexity index is 755. The van der Waals surface area contributed by atoms with Crippen LogP contribution in [0.3, 0.4) is 0 Å². The Hall–Kier alpha value is -3.26. The van der Waals surface area contributed by atoms with Crippen molar-refractivity contribution in [2.45, 2.75) is 75.5 Å². The standard InChI is InChI=1S/C20H34N6O8/c21-8-2-1-4-12(18(31)25-13(20(33)34)6-7-15(22)27)24-19(32)14(10-16(28)29)26-17(30)11-5-3-9-23-11/h11-14,23H,1-10,21H2,(H2,22,27)(H,24,32)(H,25,31)(H,26,30)(H,28,29)(H,33,34). The van der Waals surface area contributed by atoms with Crippen LogP contribution in [-0.2, 0) is 28.8 Å². The highest BCUT2D eigenvalue weighted by Crippen LogP contribution is 2.08. The van der Waals surface area contributed by atoms with Crippen LogP contribution >= 0.6 is 0 Å². The molecule has 4 unspecified atom stereocenters. The molecule has 34 heavy (non-hydrogen) atoms.